The van der Waals surface area contributed by atoms with Crippen molar-refractivity contribution in [2.75, 3.05) is 24.6 Å². The molecule has 37 heavy (non-hydrogen) atoms. The summed E-state index contributed by atoms with van der Waals surface area (Å²) in [6.45, 7) is 9.42. The Morgan fingerprint density at radius 2 is 0.378 bits per heavy atom. The summed E-state index contributed by atoms with van der Waals surface area (Å²) < 4.78 is 0. The molecule has 0 unspecified atom stereocenters. The highest BCUT2D eigenvalue weighted by Gasteiger charge is 2.34. The van der Waals surface area contributed by atoms with Gasteiger partial charge in [-0.3, -0.25) is 0 Å². The average molecular weight is 540 g/mol. The molecule has 0 aromatic heterocycles. The molecule has 0 aromatic rings. The quantitative estimate of drug-likeness (QED) is 0.0589. The minimum absolute atomic E-state index is 0.705. The van der Waals surface area contributed by atoms with E-state index in [1.54, 1.807) is 50.3 Å². The lowest BCUT2D eigenvalue weighted by atomic mass is 10.0. The minimum Gasteiger partial charge on any atom is -0.0654 e. The maximum atomic E-state index is 2.37. The summed E-state index contributed by atoms with van der Waals surface area (Å²) in [5.41, 5.74) is 0. The van der Waals surface area contributed by atoms with Crippen molar-refractivity contribution in [3.63, 3.8) is 0 Å². The molecule has 0 saturated heterocycles. The lowest BCUT2D eigenvalue weighted by Gasteiger charge is -2.28. The molecule has 0 radical (unpaired) electrons. The van der Waals surface area contributed by atoms with E-state index in [0.29, 0.717) is 0 Å². The smallest absolute Gasteiger partial charge is 0.0594 e. The first-order chi connectivity index (χ1) is 18.2. The Hall–Kier alpha value is 0.430. The first-order valence-corrected chi connectivity index (χ1v) is 20.6. The lowest BCUT2D eigenvalue weighted by Crippen LogP contribution is -2.13. The molecular weight excluding hydrogens is 463 g/mol. The summed E-state index contributed by atoms with van der Waals surface area (Å²) in [5, 5.41) is 0. The van der Waals surface area contributed by atoms with Gasteiger partial charge >= 0.3 is 0 Å². The summed E-state index contributed by atoms with van der Waals surface area (Å²) in [4.78, 5) is 0. The van der Waals surface area contributed by atoms with Gasteiger partial charge in [0, 0.05) is 7.26 Å². The molecule has 0 bridgehead atoms. The van der Waals surface area contributed by atoms with Crippen LogP contribution in [0, 0.1) is 0 Å². The highest BCUT2D eigenvalue weighted by molar-refractivity contribution is 7.75. The average Bonchev–Trinajstić information content (AvgIpc) is 2.91. The molecule has 0 aliphatic heterocycles. The van der Waals surface area contributed by atoms with Gasteiger partial charge in [0.25, 0.3) is 0 Å². The van der Waals surface area contributed by atoms with E-state index in [2.05, 4.69) is 27.7 Å². The van der Waals surface area contributed by atoms with Crippen LogP contribution in [0.5, 0.6) is 0 Å². The topological polar surface area (TPSA) is 0 Å². The van der Waals surface area contributed by atoms with Crippen LogP contribution in [0.3, 0.4) is 0 Å². The number of hydrogen-bond donors (Lipinski definition) is 0. The molecular formula is C36H76P+. The van der Waals surface area contributed by atoms with E-state index >= 15 is 0 Å². The van der Waals surface area contributed by atoms with Gasteiger partial charge in [-0.05, 0) is 51.4 Å². The molecule has 0 saturated carbocycles. The van der Waals surface area contributed by atoms with Crippen molar-refractivity contribution >= 4 is 7.26 Å². The van der Waals surface area contributed by atoms with Crippen molar-refractivity contribution in [1.82, 2.24) is 0 Å². The third-order valence-corrected chi connectivity index (χ3v) is 14.0. The Kier molecular flexibility index (Phi) is 31.3. The van der Waals surface area contributed by atoms with Crippen molar-refractivity contribution in [3.8, 4) is 0 Å². The van der Waals surface area contributed by atoms with Crippen LogP contribution in [-0.4, -0.2) is 24.6 Å². The van der Waals surface area contributed by atoms with Gasteiger partial charge < -0.3 is 0 Å². The predicted octanol–water partition coefficient (Wildman–Crippen LogP) is 14.0. The van der Waals surface area contributed by atoms with E-state index in [1.807, 2.05) is 0 Å². The Morgan fingerprint density at radius 1 is 0.216 bits per heavy atom. The zero-order chi connectivity index (χ0) is 27.1. The van der Waals surface area contributed by atoms with Crippen molar-refractivity contribution in [1.29, 1.82) is 0 Å². The van der Waals surface area contributed by atoms with E-state index in [1.165, 1.54) is 154 Å². The second kappa shape index (κ2) is 31.0. The van der Waals surface area contributed by atoms with Gasteiger partial charge in [0.15, 0.2) is 0 Å². The van der Waals surface area contributed by atoms with E-state index in [4.69, 9.17) is 0 Å². The molecule has 0 aliphatic rings. The molecule has 0 heterocycles. The molecule has 0 atom stereocenters. The Balaban J connectivity index is 4.13. The Morgan fingerprint density at radius 3 is 0.595 bits per heavy atom. The summed E-state index contributed by atoms with van der Waals surface area (Å²) >= 11 is 0. The number of unbranched alkanes of at least 4 members (excludes halogenated alkanes) is 24. The van der Waals surface area contributed by atoms with E-state index in [-0.39, 0.29) is 0 Å². The van der Waals surface area contributed by atoms with Gasteiger partial charge in [0.1, 0.15) is 0 Å². The van der Waals surface area contributed by atoms with Crippen molar-refractivity contribution in [3.05, 3.63) is 0 Å². The normalized spacial score (nSPS) is 12.0. The first-order valence-electron chi connectivity index (χ1n) is 18.1. The van der Waals surface area contributed by atoms with E-state index in [0.717, 1.165) is 0 Å². The van der Waals surface area contributed by atoms with Crippen LogP contribution in [0.4, 0.5) is 0 Å². The molecule has 0 aromatic carbocycles. The van der Waals surface area contributed by atoms with E-state index < -0.39 is 7.26 Å². The van der Waals surface area contributed by atoms with Crippen LogP contribution < -0.4 is 0 Å². The molecule has 0 fully saturated rings. The van der Waals surface area contributed by atoms with Crippen LogP contribution in [0.2, 0.25) is 0 Å². The van der Waals surface area contributed by atoms with Gasteiger partial charge in [-0.2, -0.15) is 0 Å². The summed E-state index contributed by atoms with van der Waals surface area (Å²) in [7, 11) is -0.705. The third kappa shape index (κ3) is 26.4. The zero-order valence-electron chi connectivity index (χ0n) is 27.1. The van der Waals surface area contributed by atoms with Crippen LogP contribution in [0.25, 0.3) is 0 Å². The standard InChI is InChI=1S/C36H76P/c1-5-9-13-17-18-19-20-21-22-23-24-25-26-27-28-32-36-37(33-29-14-10-6-2,34-30-15-11-7-3)35-31-16-12-8-4/h5-36H2,1-4H3/q+1. The summed E-state index contributed by atoms with van der Waals surface area (Å²) in [6.07, 6.45) is 48.1. The zero-order valence-corrected chi connectivity index (χ0v) is 28.0. The van der Waals surface area contributed by atoms with Crippen molar-refractivity contribution in [2.24, 2.45) is 0 Å². The first kappa shape index (κ1) is 37.4. The minimum atomic E-state index is -0.705. The monoisotopic (exact) mass is 540 g/mol. The van der Waals surface area contributed by atoms with Gasteiger partial charge in [0.2, 0.25) is 0 Å². The second-order valence-corrected chi connectivity index (χ2v) is 17.2. The highest BCUT2D eigenvalue weighted by Crippen LogP contribution is 2.61. The van der Waals surface area contributed by atoms with Crippen LogP contribution in [0.15, 0.2) is 0 Å². The molecule has 1 heteroatoms. The van der Waals surface area contributed by atoms with E-state index in [9.17, 15) is 0 Å². The molecule has 0 amide bonds. The second-order valence-electron chi connectivity index (χ2n) is 12.7. The SMILES string of the molecule is CCCCCCCCCCCCCCCCCC[P+](CCCCCC)(CCCCCC)CCCCCC. The predicted molar refractivity (Wildman–Crippen MR) is 178 cm³/mol. The number of hydrogen-bond acceptors (Lipinski definition) is 0. The molecule has 0 N–H and O–H groups in total. The fraction of sp³-hybridized carbons (Fsp3) is 1.00. The fourth-order valence-electron chi connectivity index (χ4n) is 6.29. The fourth-order valence-corrected chi connectivity index (χ4v) is 11.2. The molecule has 0 nitrogen and oxygen atoms in total. The van der Waals surface area contributed by atoms with Gasteiger partial charge in [0.05, 0.1) is 24.6 Å². The van der Waals surface area contributed by atoms with Crippen LogP contribution in [-0.2, 0) is 0 Å². The number of rotatable bonds is 32. The summed E-state index contributed by atoms with van der Waals surface area (Å²) in [6, 6.07) is 0. The van der Waals surface area contributed by atoms with Gasteiger partial charge in [-0.1, -0.05) is 156 Å². The molecule has 0 rings (SSSR count). The molecule has 0 aliphatic carbocycles. The lowest BCUT2D eigenvalue weighted by molar-refractivity contribution is 0.531. The Labute approximate surface area is 239 Å². The van der Waals surface area contributed by atoms with Crippen molar-refractivity contribution < 1.29 is 0 Å². The maximum absolute atomic E-state index is 2.37. The molecule has 0 spiro atoms. The van der Waals surface area contributed by atoms with Gasteiger partial charge in [-0.15, -0.1) is 0 Å². The van der Waals surface area contributed by atoms with Crippen LogP contribution >= 0.6 is 7.26 Å². The Bertz CT molecular complexity index is 372. The third-order valence-electron chi connectivity index (χ3n) is 8.94. The van der Waals surface area contributed by atoms with Crippen molar-refractivity contribution in [2.45, 2.75) is 207 Å². The highest BCUT2D eigenvalue weighted by atomic mass is 31.2. The van der Waals surface area contributed by atoms with Crippen LogP contribution in [0.1, 0.15) is 207 Å². The largest absolute Gasteiger partial charge is 0.0654 e. The molecule has 224 valence electrons. The maximum Gasteiger partial charge on any atom is 0.0594 e. The summed E-state index contributed by atoms with van der Waals surface area (Å²) in [5.74, 6) is 0. The van der Waals surface area contributed by atoms with Gasteiger partial charge in [-0.25, -0.2) is 0 Å².